The van der Waals surface area contributed by atoms with Crippen molar-refractivity contribution >= 4 is 10.0 Å². The van der Waals surface area contributed by atoms with Gasteiger partial charge in [0.05, 0.1) is 16.5 Å². The molecule has 0 bridgehead atoms. The van der Waals surface area contributed by atoms with Crippen LogP contribution < -0.4 is 4.72 Å². The van der Waals surface area contributed by atoms with Crippen LogP contribution in [0.2, 0.25) is 0 Å². The number of nitriles is 1. The number of nitrogens with zero attached hydrogens (tertiary/aromatic N) is 1. The Morgan fingerprint density at radius 2 is 2.00 bits per heavy atom. The minimum Gasteiger partial charge on any atom is -0.396 e. The minimum absolute atomic E-state index is 0.0810. The molecule has 23 heavy (non-hydrogen) atoms. The molecule has 5 nitrogen and oxygen atoms in total. The summed E-state index contributed by atoms with van der Waals surface area (Å²) in [4.78, 5) is 0.214. The molecule has 0 atom stereocenters. The van der Waals surface area contributed by atoms with E-state index >= 15 is 0 Å². The average Bonchev–Trinajstić information content (AvgIpc) is 2.54. The van der Waals surface area contributed by atoms with Gasteiger partial charge in [0.25, 0.3) is 0 Å². The molecule has 2 rings (SSSR count). The minimum atomic E-state index is -3.61. The third-order valence-electron chi connectivity index (χ3n) is 4.79. The number of hydrogen-bond acceptors (Lipinski definition) is 4. The molecule has 0 radical (unpaired) electrons. The SMILES string of the molecule is Cc1cc(C#N)ccc1S(=O)(=O)NCC1(CCO)CCCCC1. The van der Waals surface area contributed by atoms with Crippen molar-refractivity contribution in [2.24, 2.45) is 5.41 Å². The Kier molecular flexibility index (Phi) is 5.79. The van der Waals surface area contributed by atoms with E-state index in [0.717, 1.165) is 25.7 Å². The molecule has 1 aromatic carbocycles. The van der Waals surface area contributed by atoms with Gasteiger partial charge in [-0.25, -0.2) is 13.1 Å². The predicted octanol–water partition coefficient (Wildman–Crippen LogP) is 2.48. The van der Waals surface area contributed by atoms with Gasteiger partial charge in [-0.05, 0) is 55.4 Å². The summed E-state index contributed by atoms with van der Waals surface area (Å²) in [6.45, 7) is 2.13. The number of rotatable bonds is 6. The molecule has 0 unspecified atom stereocenters. The van der Waals surface area contributed by atoms with Gasteiger partial charge in [-0.15, -0.1) is 0 Å². The maximum Gasteiger partial charge on any atom is 0.240 e. The summed E-state index contributed by atoms with van der Waals surface area (Å²) >= 11 is 0. The van der Waals surface area contributed by atoms with E-state index in [1.165, 1.54) is 18.6 Å². The molecule has 0 amide bonds. The van der Waals surface area contributed by atoms with Gasteiger partial charge in [-0.3, -0.25) is 0 Å². The molecule has 0 spiro atoms. The van der Waals surface area contributed by atoms with Crippen LogP contribution in [0.25, 0.3) is 0 Å². The van der Waals surface area contributed by atoms with Crippen LogP contribution in [0, 0.1) is 23.7 Å². The zero-order chi connectivity index (χ0) is 16.9. The Morgan fingerprint density at radius 1 is 1.30 bits per heavy atom. The first-order valence-electron chi connectivity index (χ1n) is 8.04. The first kappa shape index (κ1) is 17.9. The van der Waals surface area contributed by atoms with E-state index in [-0.39, 0.29) is 16.9 Å². The number of nitrogens with one attached hydrogen (secondary N) is 1. The van der Waals surface area contributed by atoms with Crippen molar-refractivity contribution < 1.29 is 13.5 Å². The van der Waals surface area contributed by atoms with Crippen molar-refractivity contribution in [3.63, 3.8) is 0 Å². The van der Waals surface area contributed by atoms with Crippen LogP contribution in [0.3, 0.4) is 0 Å². The molecule has 0 heterocycles. The highest BCUT2D eigenvalue weighted by Gasteiger charge is 2.33. The van der Waals surface area contributed by atoms with Crippen molar-refractivity contribution in [2.45, 2.75) is 50.3 Å². The Balaban J connectivity index is 2.16. The topological polar surface area (TPSA) is 90.2 Å². The second kappa shape index (κ2) is 7.43. The summed E-state index contributed by atoms with van der Waals surface area (Å²) in [7, 11) is -3.61. The zero-order valence-corrected chi connectivity index (χ0v) is 14.3. The fourth-order valence-electron chi connectivity index (χ4n) is 3.40. The van der Waals surface area contributed by atoms with Crippen molar-refractivity contribution in [1.29, 1.82) is 5.26 Å². The van der Waals surface area contributed by atoms with E-state index in [4.69, 9.17) is 5.26 Å². The van der Waals surface area contributed by atoms with E-state index < -0.39 is 10.0 Å². The summed E-state index contributed by atoms with van der Waals surface area (Å²) in [5.41, 5.74) is 0.877. The van der Waals surface area contributed by atoms with E-state index in [2.05, 4.69) is 4.72 Å². The molecule has 0 saturated heterocycles. The number of aliphatic hydroxyl groups is 1. The first-order chi connectivity index (χ1) is 10.9. The van der Waals surface area contributed by atoms with Crippen LogP contribution in [-0.2, 0) is 10.0 Å². The molecule has 1 aliphatic carbocycles. The highest BCUT2D eigenvalue weighted by Crippen LogP contribution is 2.38. The number of benzene rings is 1. The van der Waals surface area contributed by atoms with Crippen LogP contribution in [0.1, 0.15) is 49.7 Å². The van der Waals surface area contributed by atoms with Crippen LogP contribution >= 0.6 is 0 Å². The van der Waals surface area contributed by atoms with Gasteiger partial charge in [0, 0.05) is 13.2 Å². The standard InChI is InChI=1S/C17H24N2O3S/c1-14-11-15(12-18)5-6-16(14)23(21,22)19-13-17(9-10-20)7-3-2-4-8-17/h5-6,11,19-20H,2-4,7-10,13H2,1H3. The van der Waals surface area contributed by atoms with Crippen molar-refractivity contribution in [3.05, 3.63) is 29.3 Å². The zero-order valence-electron chi connectivity index (χ0n) is 13.5. The lowest BCUT2D eigenvalue weighted by molar-refractivity contribution is 0.133. The average molecular weight is 336 g/mol. The fraction of sp³-hybridized carbons (Fsp3) is 0.588. The highest BCUT2D eigenvalue weighted by molar-refractivity contribution is 7.89. The van der Waals surface area contributed by atoms with Gasteiger partial charge in [-0.2, -0.15) is 5.26 Å². The molecule has 1 aromatic rings. The van der Waals surface area contributed by atoms with Gasteiger partial charge in [0.15, 0.2) is 0 Å². The fourth-order valence-corrected chi connectivity index (χ4v) is 4.78. The van der Waals surface area contributed by atoms with Gasteiger partial charge in [-0.1, -0.05) is 19.3 Å². The predicted molar refractivity (Wildman–Crippen MR) is 88.3 cm³/mol. The van der Waals surface area contributed by atoms with E-state index in [1.54, 1.807) is 13.0 Å². The number of sulfonamides is 1. The monoisotopic (exact) mass is 336 g/mol. The normalized spacial score (nSPS) is 17.6. The largest absolute Gasteiger partial charge is 0.396 e. The Morgan fingerprint density at radius 3 is 2.57 bits per heavy atom. The lowest BCUT2D eigenvalue weighted by Crippen LogP contribution is -2.39. The molecule has 2 N–H and O–H groups in total. The highest BCUT2D eigenvalue weighted by atomic mass is 32.2. The lowest BCUT2D eigenvalue weighted by Gasteiger charge is -2.37. The van der Waals surface area contributed by atoms with E-state index in [0.29, 0.717) is 24.1 Å². The molecule has 6 heteroatoms. The van der Waals surface area contributed by atoms with E-state index in [1.807, 2.05) is 6.07 Å². The number of hydrogen-bond donors (Lipinski definition) is 2. The summed E-state index contributed by atoms with van der Waals surface area (Å²) in [6.07, 6.45) is 5.86. The summed E-state index contributed by atoms with van der Waals surface area (Å²) in [6, 6.07) is 6.59. The van der Waals surface area contributed by atoms with Crippen LogP contribution in [0.15, 0.2) is 23.1 Å². The molecule has 126 valence electrons. The second-order valence-electron chi connectivity index (χ2n) is 6.45. The number of aryl methyl sites for hydroxylation is 1. The van der Waals surface area contributed by atoms with Crippen molar-refractivity contribution in [2.75, 3.05) is 13.2 Å². The molecule has 0 aromatic heterocycles. The second-order valence-corrected chi connectivity index (χ2v) is 8.19. The smallest absolute Gasteiger partial charge is 0.240 e. The van der Waals surface area contributed by atoms with Gasteiger partial charge in [0.1, 0.15) is 0 Å². The van der Waals surface area contributed by atoms with Crippen molar-refractivity contribution in [3.8, 4) is 6.07 Å². The summed E-state index contributed by atoms with van der Waals surface area (Å²) < 4.78 is 27.9. The van der Waals surface area contributed by atoms with E-state index in [9.17, 15) is 13.5 Å². The molecular formula is C17H24N2O3S. The number of aliphatic hydroxyl groups excluding tert-OH is 1. The summed E-state index contributed by atoms with van der Waals surface area (Å²) in [5, 5.41) is 18.2. The Bertz CT molecular complexity index is 681. The summed E-state index contributed by atoms with van der Waals surface area (Å²) in [5.74, 6) is 0. The Labute approximate surface area is 138 Å². The van der Waals surface area contributed by atoms with Crippen molar-refractivity contribution in [1.82, 2.24) is 4.72 Å². The van der Waals surface area contributed by atoms with Crippen LogP contribution in [0.4, 0.5) is 0 Å². The third-order valence-corrected chi connectivity index (χ3v) is 6.35. The third kappa shape index (κ3) is 4.31. The van der Waals surface area contributed by atoms with Crippen LogP contribution in [0.5, 0.6) is 0 Å². The lowest BCUT2D eigenvalue weighted by atomic mass is 9.72. The van der Waals surface area contributed by atoms with Gasteiger partial charge >= 0.3 is 0 Å². The van der Waals surface area contributed by atoms with Crippen LogP contribution in [-0.4, -0.2) is 26.7 Å². The molecule has 0 aliphatic heterocycles. The first-order valence-corrected chi connectivity index (χ1v) is 9.52. The van der Waals surface area contributed by atoms with Gasteiger partial charge in [0.2, 0.25) is 10.0 Å². The maximum absolute atomic E-state index is 12.6. The van der Waals surface area contributed by atoms with Gasteiger partial charge < -0.3 is 5.11 Å². The molecule has 1 saturated carbocycles. The quantitative estimate of drug-likeness (QED) is 0.835. The molecule has 1 fully saturated rings. The molecular weight excluding hydrogens is 312 g/mol. The Hall–Kier alpha value is -1.42. The maximum atomic E-state index is 12.6. The molecule has 1 aliphatic rings.